The lowest BCUT2D eigenvalue weighted by molar-refractivity contribution is 0.0165. The minimum absolute atomic E-state index is 0.543. The topological polar surface area (TPSA) is 40.5 Å². The normalized spacial score (nSPS) is 14.2. The molecule has 2 nitrogen and oxygen atoms in total. The zero-order chi connectivity index (χ0) is 13.0. The molecule has 2 N–H and O–H groups in total. The van der Waals surface area contributed by atoms with Crippen molar-refractivity contribution in [2.24, 2.45) is 0 Å². The third kappa shape index (κ3) is 2.78. The van der Waals surface area contributed by atoms with E-state index < -0.39 is 12.2 Å². The van der Waals surface area contributed by atoms with Crippen LogP contribution in [0, 0.1) is 0 Å². The van der Waals surface area contributed by atoms with E-state index in [1.54, 1.807) is 0 Å². The van der Waals surface area contributed by atoms with Gasteiger partial charge in [0.1, 0.15) is 6.10 Å². The van der Waals surface area contributed by atoms with Crippen LogP contribution < -0.4 is 0 Å². The van der Waals surface area contributed by atoms with Gasteiger partial charge in [0.2, 0.25) is 0 Å². The molecule has 2 aromatic carbocycles. The molecule has 2 heteroatoms. The molecule has 0 aliphatic rings. The Kier molecular flexibility index (Phi) is 4.13. The van der Waals surface area contributed by atoms with E-state index in [2.05, 4.69) is 0 Å². The Labute approximate surface area is 108 Å². The Morgan fingerprint density at radius 1 is 0.833 bits per heavy atom. The van der Waals surface area contributed by atoms with Gasteiger partial charge in [-0.2, -0.15) is 0 Å². The van der Waals surface area contributed by atoms with Crippen molar-refractivity contribution < 1.29 is 10.2 Å². The van der Waals surface area contributed by atoms with E-state index in [4.69, 9.17) is 0 Å². The molecule has 2 atom stereocenters. The lowest BCUT2D eigenvalue weighted by Gasteiger charge is -2.16. The first-order valence-corrected chi connectivity index (χ1v) is 6.24. The Morgan fingerprint density at radius 3 is 1.94 bits per heavy atom. The van der Waals surface area contributed by atoms with Crippen LogP contribution >= 0.6 is 0 Å². The van der Waals surface area contributed by atoms with Crippen molar-refractivity contribution >= 4 is 0 Å². The highest BCUT2D eigenvalue weighted by Crippen LogP contribution is 2.23. The maximum Gasteiger partial charge on any atom is 0.105 e. The summed E-state index contributed by atoms with van der Waals surface area (Å²) in [5.74, 6) is 0. The van der Waals surface area contributed by atoms with Crippen molar-refractivity contribution in [1.29, 1.82) is 0 Å². The number of rotatable bonds is 4. The monoisotopic (exact) mass is 242 g/mol. The molecule has 94 valence electrons. The number of aliphatic hydroxyl groups is 2. The highest BCUT2D eigenvalue weighted by atomic mass is 16.3. The molecule has 0 radical (unpaired) electrons. The SMILES string of the molecule is CCC(O)C(O)c1ccc(-c2ccccc2)cc1. The smallest absolute Gasteiger partial charge is 0.105 e. The van der Waals surface area contributed by atoms with Crippen LogP contribution in [-0.4, -0.2) is 16.3 Å². The molecule has 0 bridgehead atoms. The van der Waals surface area contributed by atoms with Crippen molar-refractivity contribution in [1.82, 2.24) is 0 Å². The molecule has 2 aromatic rings. The van der Waals surface area contributed by atoms with Crippen LogP contribution in [-0.2, 0) is 0 Å². The van der Waals surface area contributed by atoms with Crippen molar-refractivity contribution in [3.8, 4) is 11.1 Å². The summed E-state index contributed by atoms with van der Waals surface area (Å²) in [6, 6.07) is 17.8. The first kappa shape index (κ1) is 12.8. The van der Waals surface area contributed by atoms with Crippen molar-refractivity contribution in [2.45, 2.75) is 25.6 Å². The van der Waals surface area contributed by atoms with Crippen molar-refractivity contribution in [2.75, 3.05) is 0 Å². The van der Waals surface area contributed by atoms with E-state index in [0.717, 1.165) is 16.7 Å². The summed E-state index contributed by atoms with van der Waals surface area (Å²) >= 11 is 0. The quantitative estimate of drug-likeness (QED) is 0.864. The molecular weight excluding hydrogens is 224 g/mol. The van der Waals surface area contributed by atoms with Crippen LogP contribution in [0.1, 0.15) is 25.0 Å². The number of benzene rings is 2. The maximum absolute atomic E-state index is 9.90. The predicted molar refractivity (Wildman–Crippen MR) is 73.1 cm³/mol. The fourth-order valence-corrected chi connectivity index (χ4v) is 1.95. The lowest BCUT2D eigenvalue weighted by atomic mass is 9.99. The molecule has 0 aliphatic heterocycles. The minimum Gasteiger partial charge on any atom is -0.390 e. The van der Waals surface area contributed by atoms with Gasteiger partial charge in [-0.05, 0) is 23.1 Å². The van der Waals surface area contributed by atoms with Gasteiger partial charge >= 0.3 is 0 Å². The van der Waals surface area contributed by atoms with Crippen LogP contribution in [0.5, 0.6) is 0 Å². The fraction of sp³-hybridized carbons (Fsp3) is 0.250. The van der Waals surface area contributed by atoms with Crippen LogP contribution in [0.2, 0.25) is 0 Å². The fourth-order valence-electron chi connectivity index (χ4n) is 1.95. The molecule has 0 heterocycles. The number of hydrogen-bond acceptors (Lipinski definition) is 2. The Balaban J connectivity index is 2.20. The Morgan fingerprint density at radius 2 is 1.39 bits per heavy atom. The second-order valence-corrected chi connectivity index (χ2v) is 4.41. The van der Waals surface area contributed by atoms with Crippen LogP contribution in [0.4, 0.5) is 0 Å². The molecule has 0 saturated carbocycles. The molecule has 0 amide bonds. The minimum atomic E-state index is -0.806. The first-order valence-electron chi connectivity index (χ1n) is 6.24. The Bertz CT molecular complexity index is 476. The molecule has 2 rings (SSSR count). The second-order valence-electron chi connectivity index (χ2n) is 4.41. The second kappa shape index (κ2) is 5.80. The molecule has 0 fully saturated rings. The standard InChI is InChI=1S/C16H18O2/c1-2-15(17)16(18)14-10-8-13(9-11-14)12-6-4-3-5-7-12/h3-11,15-18H,2H2,1H3. The van der Waals surface area contributed by atoms with Crippen molar-refractivity contribution in [3.63, 3.8) is 0 Å². The van der Waals surface area contributed by atoms with Gasteiger partial charge in [0, 0.05) is 0 Å². The predicted octanol–water partition coefficient (Wildman–Crippen LogP) is 3.16. The zero-order valence-corrected chi connectivity index (χ0v) is 10.5. The van der Waals surface area contributed by atoms with E-state index in [1.807, 2.05) is 61.5 Å². The molecule has 0 aliphatic carbocycles. The van der Waals surface area contributed by atoms with Crippen molar-refractivity contribution in [3.05, 3.63) is 60.2 Å². The van der Waals surface area contributed by atoms with Gasteiger partial charge in [-0.1, -0.05) is 61.5 Å². The Hall–Kier alpha value is -1.64. The van der Waals surface area contributed by atoms with Gasteiger partial charge in [0.05, 0.1) is 6.10 Å². The summed E-state index contributed by atoms with van der Waals surface area (Å²) in [6.07, 6.45) is -0.964. The van der Waals surface area contributed by atoms with Gasteiger partial charge in [0.15, 0.2) is 0 Å². The van der Waals surface area contributed by atoms with Gasteiger partial charge in [-0.15, -0.1) is 0 Å². The van der Waals surface area contributed by atoms with Crippen LogP contribution in [0.3, 0.4) is 0 Å². The lowest BCUT2D eigenvalue weighted by Crippen LogP contribution is -2.16. The number of hydrogen-bond donors (Lipinski definition) is 2. The highest BCUT2D eigenvalue weighted by molar-refractivity contribution is 5.63. The molecule has 18 heavy (non-hydrogen) atoms. The summed E-state index contributed by atoms with van der Waals surface area (Å²) in [5, 5.41) is 19.5. The highest BCUT2D eigenvalue weighted by Gasteiger charge is 2.15. The third-order valence-corrected chi connectivity index (χ3v) is 3.14. The van der Waals surface area contributed by atoms with E-state index >= 15 is 0 Å². The van der Waals surface area contributed by atoms with E-state index in [0.29, 0.717) is 6.42 Å². The molecule has 2 unspecified atom stereocenters. The molecule has 0 aromatic heterocycles. The molecular formula is C16H18O2. The van der Waals surface area contributed by atoms with Gasteiger partial charge in [-0.3, -0.25) is 0 Å². The summed E-state index contributed by atoms with van der Waals surface area (Å²) in [7, 11) is 0. The van der Waals surface area contributed by atoms with Crippen LogP contribution in [0.15, 0.2) is 54.6 Å². The summed E-state index contributed by atoms with van der Waals surface area (Å²) < 4.78 is 0. The van der Waals surface area contributed by atoms with Gasteiger partial charge < -0.3 is 10.2 Å². The molecule has 0 spiro atoms. The van der Waals surface area contributed by atoms with Crippen LogP contribution in [0.25, 0.3) is 11.1 Å². The number of aliphatic hydroxyl groups excluding tert-OH is 2. The largest absolute Gasteiger partial charge is 0.390 e. The van der Waals surface area contributed by atoms with E-state index in [9.17, 15) is 10.2 Å². The summed E-state index contributed by atoms with van der Waals surface area (Å²) in [5.41, 5.74) is 3.01. The van der Waals surface area contributed by atoms with Gasteiger partial charge in [0.25, 0.3) is 0 Å². The van der Waals surface area contributed by atoms with E-state index in [-0.39, 0.29) is 0 Å². The average Bonchev–Trinajstić information content (AvgIpc) is 2.47. The maximum atomic E-state index is 9.90. The van der Waals surface area contributed by atoms with E-state index in [1.165, 1.54) is 0 Å². The zero-order valence-electron chi connectivity index (χ0n) is 10.5. The first-order chi connectivity index (χ1) is 8.72. The average molecular weight is 242 g/mol. The third-order valence-electron chi connectivity index (χ3n) is 3.14. The molecule has 0 saturated heterocycles. The summed E-state index contributed by atoms with van der Waals surface area (Å²) in [6.45, 7) is 1.85. The summed E-state index contributed by atoms with van der Waals surface area (Å²) in [4.78, 5) is 0. The van der Waals surface area contributed by atoms with Gasteiger partial charge in [-0.25, -0.2) is 0 Å².